The standard InChI is InChI=1S/C7H12O8S/c8-5-3(7(10)11)1-2-4(6(5)9)15-16(12,13)14/h3-6,8-9H,1-2H2,(H,10,11)(H,12,13,14)/p-2/t3?,4?,5-,6+/m1/s1. The number of rotatable bonds is 3. The van der Waals surface area contributed by atoms with Crippen LogP contribution in [-0.2, 0) is 19.4 Å². The highest BCUT2D eigenvalue weighted by Crippen LogP contribution is 2.27. The lowest BCUT2D eigenvalue weighted by molar-refractivity contribution is -0.317. The Morgan fingerprint density at radius 2 is 1.81 bits per heavy atom. The van der Waals surface area contributed by atoms with Crippen LogP contribution in [0, 0.1) is 5.92 Å². The predicted molar refractivity (Wildman–Crippen MR) is 44.3 cm³/mol. The van der Waals surface area contributed by atoms with E-state index in [0.717, 1.165) is 0 Å². The number of hydrogen-bond acceptors (Lipinski definition) is 8. The number of carbonyl (C=O) groups is 1. The van der Waals surface area contributed by atoms with Gasteiger partial charge in [-0.3, -0.25) is 4.18 Å². The molecule has 2 unspecified atom stereocenters. The topological polar surface area (TPSA) is 147 Å². The van der Waals surface area contributed by atoms with Gasteiger partial charge in [0.25, 0.3) is 0 Å². The molecule has 16 heavy (non-hydrogen) atoms. The summed E-state index contributed by atoms with van der Waals surface area (Å²) in [5.41, 5.74) is 0. The number of carbonyl (C=O) groups excluding carboxylic acids is 1. The maximum absolute atomic E-state index is 10.5. The van der Waals surface area contributed by atoms with Crippen molar-refractivity contribution in [2.24, 2.45) is 5.92 Å². The van der Waals surface area contributed by atoms with E-state index < -0.39 is 40.6 Å². The van der Waals surface area contributed by atoms with Gasteiger partial charge in [-0.1, -0.05) is 0 Å². The third kappa shape index (κ3) is 3.12. The van der Waals surface area contributed by atoms with Crippen LogP contribution in [0.15, 0.2) is 0 Å². The monoisotopic (exact) mass is 254 g/mol. The Bertz CT molecular complexity index is 363. The van der Waals surface area contributed by atoms with E-state index in [1.54, 1.807) is 0 Å². The van der Waals surface area contributed by atoms with E-state index in [2.05, 4.69) is 4.18 Å². The third-order valence-corrected chi connectivity index (χ3v) is 2.93. The lowest BCUT2D eigenvalue weighted by atomic mass is 9.83. The first kappa shape index (κ1) is 13.3. The van der Waals surface area contributed by atoms with E-state index in [4.69, 9.17) is 0 Å². The van der Waals surface area contributed by atoms with E-state index in [0.29, 0.717) is 0 Å². The van der Waals surface area contributed by atoms with Gasteiger partial charge in [0.15, 0.2) is 0 Å². The Hall–Kier alpha value is -0.740. The molecule has 0 amide bonds. The molecule has 1 aliphatic rings. The quantitative estimate of drug-likeness (QED) is 0.393. The highest BCUT2D eigenvalue weighted by atomic mass is 32.3. The van der Waals surface area contributed by atoms with Gasteiger partial charge in [-0.15, -0.1) is 0 Å². The Morgan fingerprint density at radius 3 is 2.25 bits per heavy atom. The van der Waals surface area contributed by atoms with Gasteiger partial charge in [0.2, 0.25) is 10.4 Å². The van der Waals surface area contributed by atoms with Gasteiger partial charge in [-0.2, -0.15) is 0 Å². The molecule has 0 spiro atoms. The fourth-order valence-electron chi connectivity index (χ4n) is 1.66. The van der Waals surface area contributed by atoms with Crippen LogP contribution in [0.25, 0.3) is 0 Å². The van der Waals surface area contributed by atoms with Crippen LogP contribution in [0.5, 0.6) is 0 Å². The molecule has 94 valence electrons. The Morgan fingerprint density at radius 1 is 1.25 bits per heavy atom. The summed E-state index contributed by atoms with van der Waals surface area (Å²) in [5, 5.41) is 29.2. The van der Waals surface area contributed by atoms with E-state index in [9.17, 15) is 33.1 Å². The largest absolute Gasteiger partial charge is 0.726 e. The Labute approximate surface area is 91.4 Å². The molecule has 0 saturated heterocycles. The van der Waals surface area contributed by atoms with Crippen molar-refractivity contribution in [1.29, 1.82) is 0 Å². The summed E-state index contributed by atoms with van der Waals surface area (Å²) in [7, 11) is -5.00. The molecule has 1 rings (SSSR count). The SMILES string of the molecule is O=C([O-])C1CCC(OS(=O)(=O)[O-])[C@H](O)[C@@H]1O. The molecule has 1 aliphatic carbocycles. The minimum Gasteiger partial charge on any atom is -0.726 e. The van der Waals surface area contributed by atoms with Gasteiger partial charge in [-0.05, 0) is 12.8 Å². The molecule has 9 heteroatoms. The molecule has 4 atom stereocenters. The molecule has 0 aromatic rings. The van der Waals surface area contributed by atoms with Gasteiger partial charge >= 0.3 is 0 Å². The van der Waals surface area contributed by atoms with Crippen LogP contribution in [0.3, 0.4) is 0 Å². The molecular weight excluding hydrogens is 244 g/mol. The maximum Gasteiger partial charge on any atom is 0.217 e. The highest BCUT2D eigenvalue weighted by molar-refractivity contribution is 7.80. The molecule has 0 radical (unpaired) electrons. The lowest BCUT2D eigenvalue weighted by Crippen LogP contribution is -2.53. The van der Waals surface area contributed by atoms with Crippen LogP contribution < -0.4 is 5.11 Å². The smallest absolute Gasteiger partial charge is 0.217 e. The minimum absolute atomic E-state index is 0.138. The summed E-state index contributed by atoms with van der Waals surface area (Å²) >= 11 is 0. The van der Waals surface area contributed by atoms with Crippen LogP contribution in [0.4, 0.5) is 0 Å². The van der Waals surface area contributed by atoms with Crippen LogP contribution in [0.2, 0.25) is 0 Å². The summed E-state index contributed by atoms with van der Waals surface area (Å²) in [5.74, 6) is -2.85. The zero-order chi connectivity index (χ0) is 12.5. The molecule has 0 aromatic heterocycles. The van der Waals surface area contributed by atoms with E-state index >= 15 is 0 Å². The molecule has 1 fully saturated rings. The molecule has 0 bridgehead atoms. The normalized spacial score (nSPS) is 35.9. The van der Waals surface area contributed by atoms with Gasteiger partial charge in [0, 0.05) is 11.9 Å². The molecule has 2 N–H and O–H groups in total. The van der Waals surface area contributed by atoms with Crippen molar-refractivity contribution >= 4 is 16.4 Å². The third-order valence-electron chi connectivity index (χ3n) is 2.45. The molecule has 1 saturated carbocycles. The average Bonchev–Trinajstić information content (AvgIpc) is 2.10. The summed E-state index contributed by atoms with van der Waals surface area (Å²) < 4.78 is 34.8. The summed E-state index contributed by atoms with van der Waals surface area (Å²) in [6.07, 6.45) is -5.20. The van der Waals surface area contributed by atoms with E-state index in [1.807, 2.05) is 0 Å². The molecule has 0 aromatic carbocycles. The van der Waals surface area contributed by atoms with Crippen LogP contribution in [-0.4, -0.2) is 47.5 Å². The van der Waals surface area contributed by atoms with Crippen molar-refractivity contribution in [3.05, 3.63) is 0 Å². The second-order valence-electron chi connectivity index (χ2n) is 3.53. The van der Waals surface area contributed by atoms with Crippen molar-refractivity contribution in [3.63, 3.8) is 0 Å². The number of aliphatic carboxylic acids is 1. The Kier molecular flexibility index (Phi) is 3.86. The Balaban J connectivity index is 2.72. The average molecular weight is 254 g/mol. The van der Waals surface area contributed by atoms with E-state index in [-0.39, 0.29) is 12.8 Å². The zero-order valence-electron chi connectivity index (χ0n) is 7.98. The fraction of sp³-hybridized carbons (Fsp3) is 0.857. The van der Waals surface area contributed by atoms with E-state index in [1.165, 1.54) is 0 Å². The van der Waals surface area contributed by atoms with Gasteiger partial charge in [0.1, 0.15) is 12.2 Å². The van der Waals surface area contributed by atoms with Crippen molar-refractivity contribution < 1.29 is 37.3 Å². The second-order valence-corrected chi connectivity index (χ2v) is 4.54. The number of hydrogen-bond donors (Lipinski definition) is 2. The first-order valence-corrected chi connectivity index (χ1v) is 5.77. The number of carboxylic acid groups (broad SMARTS) is 1. The van der Waals surface area contributed by atoms with Crippen molar-refractivity contribution in [3.8, 4) is 0 Å². The van der Waals surface area contributed by atoms with Crippen molar-refractivity contribution in [2.75, 3.05) is 0 Å². The van der Waals surface area contributed by atoms with Crippen LogP contribution >= 0.6 is 0 Å². The highest BCUT2D eigenvalue weighted by Gasteiger charge is 2.39. The lowest BCUT2D eigenvalue weighted by Gasteiger charge is -2.37. The molecule has 0 heterocycles. The van der Waals surface area contributed by atoms with Gasteiger partial charge in [0.05, 0.1) is 6.10 Å². The van der Waals surface area contributed by atoms with Crippen molar-refractivity contribution in [2.45, 2.75) is 31.2 Å². The molecule has 8 nitrogen and oxygen atoms in total. The predicted octanol–water partition coefficient (Wildman–Crippen LogP) is -3.29. The second kappa shape index (κ2) is 4.63. The number of carboxylic acids is 1. The van der Waals surface area contributed by atoms with Crippen LogP contribution in [0.1, 0.15) is 12.8 Å². The number of aliphatic hydroxyl groups is 2. The molecular formula is C7H10O8S-2. The molecule has 0 aliphatic heterocycles. The maximum atomic E-state index is 10.5. The van der Waals surface area contributed by atoms with Crippen molar-refractivity contribution in [1.82, 2.24) is 0 Å². The summed E-state index contributed by atoms with van der Waals surface area (Å²) in [6, 6.07) is 0. The minimum atomic E-state index is -5.00. The summed E-state index contributed by atoms with van der Waals surface area (Å²) in [6.45, 7) is 0. The zero-order valence-corrected chi connectivity index (χ0v) is 8.79. The van der Waals surface area contributed by atoms with Gasteiger partial charge in [-0.25, -0.2) is 8.42 Å². The first-order chi connectivity index (χ1) is 7.22. The van der Waals surface area contributed by atoms with Gasteiger partial charge < -0.3 is 24.7 Å². The number of aliphatic hydroxyl groups excluding tert-OH is 2. The first-order valence-electron chi connectivity index (χ1n) is 4.43. The fourth-order valence-corrected chi connectivity index (χ4v) is 2.17. The summed E-state index contributed by atoms with van der Waals surface area (Å²) in [4.78, 5) is 10.5.